The first kappa shape index (κ1) is 13.1. The van der Waals surface area contributed by atoms with Gasteiger partial charge in [-0.1, -0.05) is 15.9 Å². The number of pyridine rings is 1. The average Bonchev–Trinajstić information content (AvgIpc) is 2.35. The molecule has 1 heterocycles. The molecule has 2 aromatic rings. The van der Waals surface area contributed by atoms with Crippen molar-refractivity contribution < 1.29 is 0 Å². The molecule has 0 aliphatic heterocycles. The van der Waals surface area contributed by atoms with E-state index in [1.54, 1.807) is 0 Å². The third-order valence-electron chi connectivity index (χ3n) is 2.71. The zero-order valence-electron chi connectivity index (χ0n) is 10.3. The first-order valence-corrected chi connectivity index (χ1v) is 6.56. The van der Waals surface area contributed by atoms with Crippen LogP contribution in [0.5, 0.6) is 0 Å². The van der Waals surface area contributed by atoms with Gasteiger partial charge in [-0.05, 0) is 48.5 Å². The Hall–Kier alpha value is -1.39. The van der Waals surface area contributed by atoms with Crippen molar-refractivity contribution in [2.75, 3.05) is 12.8 Å². The summed E-state index contributed by atoms with van der Waals surface area (Å²) in [5.74, 6) is 0. The first-order valence-electron chi connectivity index (χ1n) is 5.76. The second-order valence-corrected chi connectivity index (χ2v) is 5.23. The van der Waals surface area contributed by atoms with Crippen molar-refractivity contribution in [3.63, 3.8) is 0 Å². The third kappa shape index (κ3) is 3.55. The summed E-state index contributed by atoms with van der Waals surface area (Å²) >= 11 is 3.55. The molecule has 0 unspecified atom stereocenters. The lowest BCUT2D eigenvalue weighted by molar-refractivity contribution is 0.318. The molecule has 94 valence electrons. The molecule has 0 fully saturated rings. The average molecular weight is 306 g/mol. The van der Waals surface area contributed by atoms with Gasteiger partial charge in [-0.15, -0.1) is 0 Å². The summed E-state index contributed by atoms with van der Waals surface area (Å²) in [6.45, 7) is 1.75. The van der Waals surface area contributed by atoms with Crippen molar-refractivity contribution in [1.29, 1.82) is 0 Å². The molecular formula is C14H16BrN3. The summed E-state index contributed by atoms with van der Waals surface area (Å²) in [5.41, 5.74) is 9.06. The van der Waals surface area contributed by atoms with Crippen LogP contribution in [-0.4, -0.2) is 16.9 Å². The molecule has 0 aliphatic rings. The highest BCUT2D eigenvalue weighted by atomic mass is 79.9. The van der Waals surface area contributed by atoms with Gasteiger partial charge in [0.2, 0.25) is 0 Å². The van der Waals surface area contributed by atoms with Crippen LogP contribution in [0.25, 0.3) is 0 Å². The molecule has 1 aromatic heterocycles. The number of hydrogen-bond donors (Lipinski definition) is 1. The molecule has 18 heavy (non-hydrogen) atoms. The SMILES string of the molecule is CN(Cc1ccncc1)Cc1cc(N)ccc1Br. The Balaban J connectivity index is 2.03. The van der Waals surface area contributed by atoms with Crippen molar-refractivity contribution in [3.8, 4) is 0 Å². The molecule has 3 nitrogen and oxygen atoms in total. The molecule has 1 aromatic carbocycles. The van der Waals surface area contributed by atoms with Gasteiger partial charge in [-0.3, -0.25) is 9.88 Å². The van der Waals surface area contributed by atoms with E-state index in [0.717, 1.165) is 23.2 Å². The summed E-state index contributed by atoms with van der Waals surface area (Å²) in [4.78, 5) is 6.26. The number of halogens is 1. The minimum Gasteiger partial charge on any atom is -0.399 e. The molecule has 0 spiro atoms. The second kappa shape index (κ2) is 5.98. The fourth-order valence-corrected chi connectivity index (χ4v) is 2.23. The van der Waals surface area contributed by atoms with Gasteiger partial charge in [0.25, 0.3) is 0 Å². The highest BCUT2D eigenvalue weighted by Gasteiger charge is 2.05. The summed E-state index contributed by atoms with van der Waals surface area (Å²) in [7, 11) is 2.09. The van der Waals surface area contributed by atoms with Crippen LogP contribution in [0.15, 0.2) is 47.2 Å². The minimum absolute atomic E-state index is 0.797. The summed E-state index contributed by atoms with van der Waals surface area (Å²) in [6.07, 6.45) is 3.64. The number of anilines is 1. The largest absolute Gasteiger partial charge is 0.399 e. The Morgan fingerprint density at radius 3 is 2.61 bits per heavy atom. The minimum atomic E-state index is 0.797. The van der Waals surface area contributed by atoms with E-state index in [1.165, 1.54) is 11.1 Å². The topological polar surface area (TPSA) is 42.2 Å². The van der Waals surface area contributed by atoms with Gasteiger partial charge in [0, 0.05) is 35.6 Å². The summed E-state index contributed by atoms with van der Waals surface area (Å²) in [5, 5.41) is 0. The van der Waals surface area contributed by atoms with Crippen LogP contribution in [0.2, 0.25) is 0 Å². The van der Waals surface area contributed by atoms with Crippen LogP contribution in [0.4, 0.5) is 5.69 Å². The summed E-state index contributed by atoms with van der Waals surface area (Å²) < 4.78 is 1.10. The normalized spacial score (nSPS) is 10.8. The van der Waals surface area contributed by atoms with E-state index >= 15 is 0 Å². The third-order valence-corrected chi connectivity index (χ3v) is 3.49. The van der Waals surface area contributed by atoms with Crippen molar-refractivity contribution in [2.24, 2.45) is 0 Å². The number of nitrogen functional groups attached to an aromatic ring is 1. The monoisotopic (exact) mass is 305 g/mol. The smallest absolute Gasteiger partial charge is 0.0318 e. The first-order chi connectivity index (χ1) is 8.65. The number of rotatable bonds is 4. The van der Waals surface area contributed by atoms with Crippen molar-refractivity contribution in [2.45, 2.75) is 13.1 Å². The molecule has 0 bridgehead atoms. The van der Waals surface area contributed by atoms with Crippen LogP contribution in [-0.2, 0) is 13.1 Å². The highest BCUT2D eigenvalue weighted by Crippen LogP contribution is 2.21. The molecule has 0 amide bonds. The Bertz CT molecular complexity index is 514. The molecule has 0 radical (unpaired) electrons. The van der Waals surface area contributed by atoms with Gasteiger partial charge in [0.05, 0.1) is 0 Å². The summed E-state index contributed by atoms with van der Waals surface area (Å²) in [6, 6.07) is 9.96. The fraction of sp³-hybridized carbons (Fsp3) is 0.214. The van der Waals surface area contributed by atoms with Gasteiger partial charge in [-0.2, -0.15) is 0 Å². The van der Waals surface area contributed by atoms with E-state index < -0.39 is 0 Å². The molecule has 0 aliphatic carbocycles. The van der Waals surface area contributed by atoms with Gasteiger partial charge >= 0.3 is 0 Å². The molecule has 4 heteroatoms. The predicted octanol–water partition coefficient (Wildman–Crippen LogP) is 3.06. The molecule has 0 saturated carbocycles. The van der Waals surface area contributed by atoms with Crippen molar-refractivity contribution in [3.05, 3.63) is 58.3 Å². The van der Waals surface area contributed by atoms with Crippen molar-refractivity contribution in [1.82, 2.24) is 9.88 Å². The van der Waals surface area contributed by atoms with Crippen molar-refractivity contribution >= 4 is 21.6 Å². The van der Waals surface area contributed by atoms with E-state index in [-0.39, 0.29) is 0 Å². The zero-order valence-corrected chi connectivity index (χ0v) is 11.9. The van der Waals surface area contributed by atoms with Gasteiger partial charge in [-0.25, -0.2) is 0 Å². The quantitative estimate of drug-likeness (QED) is 0.883. The fourth-order valence-electron chi connectivity index (χ4n) is 1.86. The van der Waals surface area contributed by atoms with E-state index in [0.29, 0.717) is 0 Å². The Morgan fingerprint density at radius 1 is 1.17 bits per heavy atom. The van der Waals surface area contributed by atoms with Gasteiger partial charge in [0.15, 0.2) is 0 Å². The van der Waals surface area contributed by atoms with Crippen LogP contribution in [0.1, 0.15) is 11.1 Å². The number of nitrogens with zero attached hydrogens (tertiary/aromatic N) is 2. The number of aromatic nitrogens is 1. The lowest BCUT2D eigenvalue weighted by Crippen LogP contribution is -2.17. The number of hydrogen-bond acceptors (Lipinski definition) is 3. The maximum atomic E-state index is 5.81. The van der Waals surface area contributed by atoms with Crippen LogP contribution in [0.3, 0.4) is 0 Å². The van der Waals surface area contributed by atoms with E-state index in [9.17, 15) is 0 Å². The Morgan fingerprint density at radius 2 is 1.89 bits per heavy atom. The predicted molar refractivity (Wildman–Crippen MR) is 78.0 cm³/mol. The molecule has 2 N–H and O–H groups in total. The van der Waals surface area contributed by atoms with Crippen LogP contribution >= 0.6 is 15.9 Å². The van der Waals surface area contributed by atoms with Gasteiger partial charge < -0.3 is 5.73 Å². The van der Waals surface area contributed by atoms with E-state index in [1.807, 2.05) is 42.7 Å². The zero-order chi connectivity index (χ0) is 13.0. The van der Waals surface area contributed by atoms with E-state index in [2.05, 4.69) is 32.9 Å². The number of benzene rings is 1. The molecule has 0 saturated heterocycles. The molecule has 2 rings (SSSR count). The standard InChI is InChI=1S/C14H16BrN3/c1-18(9-11-4-6-17-7-5-11)10-12-8-13(16)2-3-14(12)15/h2-8H,9-10,16H2,1H3. The van der Waals surface area contributed by atoms with E-state index in [4.69, 9.17) is 5.73 Å². The van der Waals surface area contributed by atoms with Crippen LogP contribution in [0, 0.1) is 0 Å². The van der Waals surface area contributed by atoms with Crippen LogP contribution < -0.4 is 5.73 Å². The lowest BCUT2D eigenvalue weighted by atomic mass is 10.2. The number of nitrogens with two attached hydrogens (primary N) is 1. The Kier molecular flexibility index (Phi) is 4.33. The highest BCUT2D eigenvalue weighted by molar-refractivity contribution is 9.10. The molecule has 0 atom stereocenters. The molecular weight excluding hydrogens is 290 g/mol. The maximum absolute atomic E-state index is 5.81. The lowest BCUT2D eigenvalue weighted by Gasteiger charge is -2.18. The maximum Gasteiger partial charge on any atom is 0.0318 e. The Labute approximate surface area is 116 Å². The van der Waals surface area contributed by atoms with Gasteiger partial charge in [0.1, 0.15) is 0 Å². The second-order valence-electron chi connectivity index (χ2n) is 4.38.